The number of aromatic nitrogens is 2. The predicted molar refractivity (Wildman–Crippen MR) is 112 cm³/mol. The Hall–Kier alpha value is -2.01. The van der Waals surface area contributed by atoms with Crippen LogP contribution in [-0.4, -0.2) is 15.2 Å². The van der Waals surface area contributed by atoms with Crippen LogP contribution in [0.3, 0.4) is 0 Å². The molecule has 3 aromatic rings. The normalized spacial score (nSPS) is 15.4. The summed E-state index contributed by atoms with van der Waals surface area (Å²) < 4.78 is 8.88. The fourth-order valence-corrected chi connectivity index (χ4v) is 3.94. The third-order valence-corrected chi connectivity index (χ3v) is 5.62. The standard InChI is InChI=1S/C22H21ClN2OS/c1-22(2)12-19-17(14-26-22)21(27)24-20(15-8-4-3-5-9-15)25(19)13-16-10-6-7-11-18(16)23/h3-11H,12-14H2,1-2H3. The van der Waals surface area contributed by atoms with Gasteiger partial charge in [-0.15, -0.1) is 0 Å². The number of hydrogen-bond donors (Lipinski definition) is 0. The molecule has 2 heterocycles. The second-order valence-corrected chi connectivity index (χ2v) is 8.23. The number of halogens is 1. The van der Waals surface area contributed by atoms with Crippen LogP contribution < -0.4 is 0 Å². The number of rotatable bonds is 3. The van der Waals surface area contributed by atoms with Crippen molar-refractivity contribution in [3.8, 4) is 11.4 Å². The van der Waals surface area contributed by atoms with Gasteiger partial charge < -0.3 is 9.30 Å². The van der Waals surface area contributed by atoms with E-state index in [0.29, 0.717) is 17.8 Å². The molecule has 0 atom stereocenters. The fraction of sp³-hybridized carbons (Fsp3) is 0.273. The van der Waals surface area contributed by atoms with E-state index >= 15 is 0 Å². The Bertz CT molecular complexity index is 1040. The van der Waals surface area contributed by atoms with E-state index in [9.17, 15) is 0 Å². The van der Waals surface area contributed by atoms with E-state index in [4.69, 9.17) is 33.5 Å². The molecule has 3 nitrogen and oxygen atoms in total. The maximum Gasteiger partial charge on any atom is 0.142 e. The summed E-state index contributed by atoms with van der Waals surface area (Å²) in [7, 11) is 0. The van der Waals surface area contributed by atoms with E-state index in [1.807, 2.05) is 36.4 Å². The molecule has 0 aliphatic carbocycles. The van der Waals surface area contributed by atoms with Gasteiger partial charge in [0.1, 0.15) is 10.5 Å². The van der Waals surface area contributed by atoms with E-state index in [1.54, 1.807) is 0 Å². The maximum atomic E-state index is 6.46. The molecule has 4 rings (SSSR count). The predicted octanol–water partition coefficient (Wildman–Crippen LogP) is 5.83. The van der Waals surface area contributed by atoms with Crippen molar-refractivity contribution in [3.63, 3.8) is 0 Å². The van der Waals surface area contributed by atoms with Crippen LogP contribution in [0.15, 0.2) is 54.6 Å². The first kappa shape index (κ1) is 18.4. The van der Waals surface area contributed by atoms with Crippen LogP contribution in [0, 0.1) is 4.64 Å². The Kier molecular flexibility index (Phi) is 4.89. The zero-order valence-corrected chi connectivity index (χ0v) is 17.0. The van der Waals surface area contributed by atoms with E-state index in [-0.39, 0.29) is 5.60 Å². The summed E-state index contributed by atoms with van der Waals surface area (Å²) in [5, 5.41) is 0.756. The summed E-state index contributed by atoms with van der Waals surface area (Å²) in [4.78, 5) is 4.78. The Morgan fingerprint density at radius 2 is 1.81 bits per heavy atom. The summed E-state index contributed by atoms with van der Waals surface area (Å²) in [6.45, 7) is 5.36. The smallest absolute Gasteiger partial charge is 0.142 e. The highest BCUT2D eigenvalue weighted by Crippen LogP contribution is 2.32. The third kappa shape index (κ3) is 3.70. The van der Waals surface area contributed by atoms with Gasteiger partial charge in [0.15, 0.2) is 0 Å². The molecule has 1 aliphatic rings. The van der Waals surface area contributed by atoms with Gasteiger partial charge in [0.2, 0.25) is 0 Å². The lowest BCUT2D eigenvalue weighted by atomic mass is 9.95. The van der Waals surface area contributed by atoms with Gasteiger partial charge in [-0.25, -0.2) is 4.98 Å². The Balaban J connectivity index is 1.95. The fourth-order valence-electron chi connectivity index (χ4n) is 3.48. The molecule has 2 aromatic carbocycles. The minimum Gasteiger partial charge on any atom is -0.370 e. The second kappa shape index (κ2) is 7.19. The number of fused-ring (bicyclic) bond motifs is 1. The molecule has 0 saturated heterocycles. The lowest BCUT2D eigenvalue weighted by Gasteiger charge is -2.34. The van der Waals surface area contributed by atoms with E-state index in [0.717, 1.165) is 34.0 Å². The van der Waals surface area contributed by atoms with Crippen molar-refractivity contribution in [2.75, 3.05) is 0 Å². The Morgan fingerprint density at radius 1 is 1.11 bits per heavy atom. The van der Waals surface area contributed by atoms with Gasteiger partial charge in [-0.2, -0.15) is 0 Å². The molecule has 138 valence electrons. The third-order valence-electron chi connectivity index (χ3n) is 4.91. The van der Waals surface area contributed by atoms with Crippen LogP contribution in [0.2, 0.25) is 5.02 Å². The Labute approximate surface area is 169 Å². The molecule has 0 fully saturated rings. The quantitative estimate of drug-likeness (QED) is 0.521. The van der Waals surface area contributed by atoms with E-state index in [2.05, 4.69) is 36.6 Å². The molecule has 0 spiro atoms. The van der Waals surface area contributed by atoms with Gasteiger partial charge in [0.05, 0.1) is 18.8 Å². The summed E-state index contributed by atoms with van der Waals surface area (Å²) in [5.74, 6) is 0.872. The lowest BCUT2D eigenvalue weighted by Crippen LogP contribution is -2.35. The number of nitrogens with zero attached hydrogens (tertiary/aromatic N) is 2. The van der Waals surface area contributed by atoms with Gasteiger partial charge in [0, 0.05) is 28.3 Å². The van der Waals surface area contributed by atoms with Gasteiger partial charge in [-0.1, -0.05) is 72.3 Å². The first-order chi connectivity index (χ1) is 12.9. The molecule has 1 aliphatic heterocycles. The van der Waals surface area contributed by atoms with Crippen LogP contribution in [0.4, 0.5) is 0 Å². The highest BCUT2D eigenvalue weighted by Gasteiger charge is 2.30. The van der Waals surface area contributed by atoms with E-state index < -0.39 is 0 Å². The molecule has 0 saturated carbocycles. The highest BCUT2D eigenvalue weighted by molar-refractivity contribution is 7.71. The Morgan fingerprint density at radius 3 is 2.56 bits per heavy atom. The maximum absolute atomic E-state index is 6.46. The monoisotopic (exact) mass is 396 g/mol. The molecule has 5 heteroatoms. The highest BCUT2D eigenvalue weighted by atomic mass is 35.5. The molecule has 0 radical (unpaired) electrons. The summed E-state index contributed by atoms with van der Waals surface area (Å²) >= 11 is 12.1. The van der Waals surface area contributed by atoms with Crippen molar-refractivity contribution in [2.24, 2.45) is 0 Å². The zero-order valence-electron chi connectivity index (χ0n) is 15.4. The SMILES string of the molecule is CC1(C)Cc2c(c(=S)nc(-c3ccccc3)n2Cc2ccccc2Cl)CO1. The molecule has 1 aromatic heterocycles. The topological polar surface area (TPSA) is 27.1 Å². The average molecular weight is 397 g/mol. The average Bonchev–Trinajstić information content (AvgIpc) is 2.65. The summed E-state index contributed by atoms with van der Waals surface area (Å²) in [6.07, 6.45) is 0.777. The van der Waals surface area contributed by atoms with Crippen molar-refractivity contribution in [1.82, 2.24) is 9.55 Å². The van der Waals surface area contributed by atoms with Crippen molar-refractivity contribution < 1.29 is 4.74 Å². The second-order valence-electron chi connectivity index (χ2n) is 7.43. The van der Waals surface area contributed by atoms with E-state index in [1.165, 1.54) is 5.69 Å². The molecular weight excluding hydrogens is 376 g/mol. The van der Waals surface area contributed by atoms with Crippen LogP contribution in [0.25, 0.3) is 11.4 Å². The largest absolute Gasteiger partial charge is 0.370 e. The van der Waals surface area contributed by atoms with Crippen molar-refractivity contribution in [2.45, 2.75) is 39.0 Å². The molecule has 0 N–H and O–H groups in total. The zero-order chi connectivity index (χ0) is 19.0. The van der Waals surface area contributed by atoms with Crippen LogP contribution >= 0.6 is 23.8 Å². The van der Waals surface area contributed by atoms with Gasteiger partial charge in [-0.3, -0.25) is 0 Å². The van der Waals surface area contributed by atoms with Crippen LogP contribution in [-0.2, 0) is 24.3 Å². The number of ether oxygens (including phenoxy) is 1. The summed E-state index contributed by atoms with van der Waals surface area (Å²) in [6, 6.07) is 18.1. The first-order valence-electron chi connectivity index (χ1n) is 9.00. The summed E-state index contributed by atoms with van der Waals surface area (Å²) in [5.41, 5.74) is 4.06. The minimum absolute atomic E-state index is 0.244. The number of hydrogen-bond acceptors (Lipinski definition) is 3. The minimum atomic E-state index is -0.244. The molecule has 27 heavy (non-hydrogen) atoms. The van der Waals surface area contributed by atoms with Crippen molar-refractivity contribution >= 4 is 23.8 Å². The lowest BCUT2D eigenvalue weighted by molar-refractivity contribution is -0.0427. The first-order valence-corrected chi connectivity index (χ1v) is 9.79. The van der Waals surface area contributed by atoms with Gasteiger partial charge in [0.25, 0.3) is 0 Å². The molecular formula is C22H21ClN2OS. The van der Waals surface area contributed by atoms with Crippen LogP contribution in [0.5, 0.6) is 0 Å². The van der Waals surface area contributed by atoms with Gasteiger partial charge in [-0.05, 0) is 25.5 Å². The van der Waals surface area contributed by atoms with Gasteiger partial charge >= 0.3 is 0 Å². The molecule has 0 bridgehead atoms. The van der Waals surface area contributed by atoms with Crippen LogP contribution in [0.1, 0.15) is 30.7 Å². The van der Waals surface area contributed by atoms with Crippen molar-refractivity contribution in [1.29, 1.82) is 0 Å². The molecule has 0 amide bonds. The molecule has 0 unspecified atom stereocenters. The van der Waals surface area contributed by atoms with Crippen molar-refractivity contribution in [3.05, 3.63) is 81.1 Å². The number of benzene rings is 2.